The molecule has 1 saturated heterocycles. The van der Waals surface area contributed by atoms with Gasteiger partial charge in [0.2, 0.25) is 5.88 Å². The minimum Gasteiger partial charge on any atom is -0.468 e. The number of hydrogen-bond donors (Lipinski definition) is 3. The molecule has 1 amide bonds. The zero-order chi connectivity index (χ0) is 23.3. The Morgan fingerprint density at radius 2 is 2.03 bits per heavy atom. The lowest BCUT2D eigenvalue weighted by molar-refractivity contribution is -0.154. The number of amides is 1. The van der Waals surface area contributed by atoms with E-state index in [0.29, 0.717) is 43.4 Å². The van der Waals surface area contributed by atoms with Crippen LogP contribution in [0.15, 0.2) is 24.4 Å². The first-order chi connectivity index (χ1) is 15.1. The number of rotatable bonds is 7. The summed E-state index contributed by atoms with van der Waals surface area (Å²) in [6, 6.07) is 4.42. The average Bonchev–Trinajstić information content (AvgIpc) is 2.76. The number of anilines is 1. The molecule has 0 aliphatic carbocycles. The summed E-state index contributed by atoms with van der Waals surface area (Å²) < 4.78 is 47.6. The summed E-state index contributed by atoms with van der Waals surface area (Å²) in [5, 5.41) is 10.4. The maximum Gasteiger partial charge on any atom is 0.422 e. The number of aromatic nitrogens is 2. The Bertz CT molecular complexity index is 993. The fourth-order valence-electron chi connectivity index (χ4n) is 3.12. The number of carbonyl (C=O) groups is 1. The van der Waals surface area contributed by atoms with E-state index in [-0.39, 0.29) is 29.4 Å². The van der Waals surface area contributed by atoms with Gasteiger partial charge in [0.05, 0.1) is 18.8 Å². The van der Waals surface area contributed by atoms with E-state index in [1.54, 1.807) is 13.0 Å². The zero-order valence-electron chi connectivity index (χ0n) is 17.3. The van der Waals surface area contributed by atoms with Crippen LogP contribution >= 0.6 is 0 Å². The average molecular weight is 452 g/mol. The lowest BCUT2D eigenvalue weighted by atomic mass is 10.1. The summed E-state index contributed by atoms with van der Waals surface area (Å²) in [7, 11) is 0. The van der Waals surface area contributed by atoms with Gasteiger partial charge in [-0.25, -0.2) is 0 Å². The summed E-state index contributed by atoms with van der Waals surface area (Å²) in [6.45, 7) is 2.19. The van der Waals surface area contributed by atoms with Crippen molar-refractivity contribution in [2.75, 3.05) is 37.8 Å². The van der Waals surface area contributed by atoms with Crippen LogP contribution in [0.5, 0.6) is 5.88 Å². The Morgan fingerprint density at radius 3 is 2.69 bits per heavy atom. The predicted octanol–water partition coefficient (Wildman–Crippen LogP) is 1.78. The molecular formula is C20H23F3N6O3. The molecule has 32 heavy (non-hydrogen) atoms. The maximum atomic E-state index is 12.8. The van der Waals surface area contributed by atoms with Gasteiger partial charge in [0.25, 0.3) is 5.91 Å². The van der Waals surface area contributed by atoms with Gasteiger partial charge in [-0.05, 0) is 19.1 Å². The van der Waals surface area contributed by atoms with Crippen molar-refractivity contribution < 1.29 is 27.4 Å². The van der Waals surface area contributed by atoms with Gasteiger partial charge in [0, 0.05) is 48.7 Å². The molecule has 0 saturated carbocycles. The Morgan fingerprint density at radius 1 is 1.31 bits per heavy atom. The molecule has 2 aromatic rings. The number of alkyl halides is 3. The summed E-state index contributed by atoms with van der Waals surface area (Å²) in [6.07, 6.45) is -3.12. The molecule has 12 heteroatoms. The van der Waals surface area contributed by atoms with E-state index < -0.39 is 18.7 Å². The molecule has 4 N–H and O–H groups in total. The van der Waals surface area contributed by atoms with E-state index in [9.17, 15) is 18.0 Å². The van der Waals surface area contributed by atoms with Gasteiger partial charge in [0.1, 0.15) is 11.7 Å². The standard InChI is InChI=1S/C20H23F3N6O3/c1-12-8-14(15(10-26-12)17(24)25)19(30)27-9-13-2-3-16(32-11-20(21,22)23)28-18(13)29-4-6-31-7-5-29/h2-3,8,10H,4-7,9,11H2,1H3,(H3,24,25)(H,27,30). The number of ether oxygens (including phenoxy) is 2. The monoisotopic (exact) mass is 452 g/mol. The molecule has 3 rings (SSSR count). The number of morpholine rings is 1. The molecule has 1 aliphatic rings. The molecule has 3 heterocycles. The van der Waals surface area contributed by atoms with Gasteiger partial charge in [-0.3, -0.25) is 15.2 Å². The molecular weight excluding hydrogens is 429 g/mol. The molecule has 0 radical (unpaired) electrons. The summed E-state index contributed by atoms with van der Waals surface area (Å²) in [4.78, 5) is 22.9. The molecule has 1 fully saturated rings. The molecule has 0 bridgehead atoms. The van der Waals surface area contributed by atoms with Gasteiger partial charge >= 0.3 is 6.18 Å². The Kier molecular flexibility index (Phi) is 7.13. The van der Waals surface area contributed by atoms with Crippen LogP contribution in [0.3, 0.4) is 0 Å². The van der Waals surface area contributed by atoms with Crippen LogP contribution in [-0.2, 0) is 11.3 Å². The van der Waals surface area contributed by atoms with E-state index in [1.165, 1.54) is 18.3 Å². The van der Waals surface area contributed by atoms with Gasteiger partial charge < -0.3 is 25.4 Å². The summed E-state index contributed by atoms with van der Waals surface area (Å²) in [5.74, 6) is -0.510. The van der Waals surface area contributed by atoms with Crippen molar-refractivity contribution in [2.24, 2.45) is 5.73 Å². The largest absolute Gasteiger partial charge is 0.468 e. The van der Waals surface area contributed by atoms with Crippen molar-refractivity contribution in [1.82, 2.24) is 15.3 Å². The molecule has 0 unspecified atom stereocenters. The van der Waals surface area contributed by atoms with Gasteiger partial charge in [-0.1, -0.05) is 0 Å². The number of carbonyl (C=O) groups excluding carboxylic acids is 1. The predicted molar refractivity (Wildman–Crippen MR) is 110 cm³/mol. The first-order valence-corrected chi connectivity index (χ1v) is 9.75. The van der Waals surface area contributed by atoms with E-state index in [2.05, 4.69) is 15.3 Å². The number of aryl methyl sites for hydroxylation is 1. The minimum absolute atomic E-state index is 0.0524. The van der Waals surface area contributed by atoms with Crippen molar-refractivity contribution in [3.05, 3.63) is 46.8 Å². The van der Waals surface area contributed by atoms with Crippen molar-refractivity contribution in [3.8, 4) is 5.88 Å². The first-order valence-electron chi connectivity index (χ1n) is 9.75. The minimum atomic E-state index is -4.48. The molecule has 0 spiro atoms. The second kappa shape index (κ2) is 9.81. The van der Waals surface area contributed by atoms with E-state index in [4.69, 9.17) is 20.6 Å². The number of hydrogen-bond acceptors (Lipinski definition) is 7. The highest BCUT2D eigenvalue weighted by Crippen LogP contribution is 2.25. The highest BCUT2D eigenvalue weighted by atomic mass is 19.4. The summed E-state index contributed by atoms with van der Waals surface area (Å²) in [5.41, 5.74) is 7.13. The molecule has 1 aliphatic heterocycles. The SMILES string of the molecule is Cc1cc(C(=O)NCc2ccc(OCC(F)(F)F)nc2N2CCOCC2)c(C(=N)N)cn1. The number of nitrogens with zero attached hydrogens (tertiary/aromatic N) is 3. The Balaban J connectivity index is 1.81. The highest BCUT2D eigenvalue weighted by molar-refractivity contribution is 6.07. The highest BCUT2D eigenvalue weighted by Gasteiger charge is 2.29. The van der Waals surface area contributed by atoms with Crippen LogP contribution in [0.2, 0.25) is 0 Å². The molecule has 172 valence electrons. The third-order valence-corrected chi connectivity index (χ3v) is 4.64. The fraction of sp³-hybridized carbons (Fsp3) is 0.400. The van der Waals surface area contributed by atoms with E-state index in [0.717, 1.165) is 0 Å². The molecule has 2 aromatic heterocycles. The molecule has 0 aromatic carbocycles. The van der Waals surface area contributed by atoms with Crippen molar-refractivity contribution in [1.29, 1.82) is 5.41 Å². The van der Waals surface area contributed by atoms with Crippen molar-refractivity contribution in [3.63, 3.8) is 0 Å². The smallest absolute Gasteiger partial charge is 0.422 e. The second-order valence-electron chi connectivity index (χ2n) is 7.10. The quantitative estimate of drug-likeness (QED) is 0.432. The van der Waals surface area contributed by atoms with Gasteiger partial charge in [-0.15, -0.1) is 0 Å². The van der Waals surface area contributed by atoms with E-state index >= 15 is 0 Å². The van der Waals surface area contributed by atoms with Crippen molar-refractivity contribution in [2.45, 2.75) is 19.6 Å². The van der Waals surface area contributed by atoms with Crippen LogP contribution in [0.1, 0.15) is 27.2 Å². The van der Waals surface area contributed by atoms with Crippen LogP contribution in [0.25, 0.3) is 0 Å². The Labute approximate surface area is 182 Å². The molecule has 0 atom stereocenters. The maximum absolute atomic E-state index is 12.8. The number of amidine groups is 1. The third-order valence-electron chi connectivity index (χ3n) is 4.64. The summed E-state index contributed by atoms with van der Waals surface area (Å²) >= 11 is 0. The lowest BCUT2D eigenvalue weighted by Crippen LogP contribution is -2.38. The fourth-order valence-corrected chi connectivity index (χ4v) is 3.12. The van der Waals surface area contributed by atoms with Gasteiger partial charge in [0.15, 0.2) is 6.61 Å². The third kappa shape index (κ3) is 6.06. The van der Waals surface area contributed by atoms with Crippen molar-refractivity contribution >= 4 is 17.6 Å². The number of nitrogens with two attached hydrogens (primary N) is 1. The number of pyridine rings is 2. The van der Waals surface area contributed by atoms with Crippen LogP contribution in [0, 0.1) is 12.3 Å². The van der Waals surface area contributed by atoms with E-state index in [1.807, 2.05) is 4.90 Å². The number of halogens is 3. The number of nitrogen functional groups attached to an aromatic ring is 1. The molecule has 9 nitrogen and oxygen atoms in total. The lowest BCUT2D eigenvalue weighted by Gasteiger charge is -2.29. The van der Waals surface area contributed by atoms with Crippen LogP contribution in [-0.4, -0.2) is 60.8 Å². The van der Waals surface area contributed by atoms with Crippen LogP contribution in [0.4, 0.5) is 19.0 Å². The number of nitrogens with one attached hydrogen (secondary N) is 2. The zero-order valence-corrected chi connectivity index (χ0v) is 17.3. The first kappa shape index (κ1) is 23.3. The topological polar surface area (TPSA) is 126 Å². The normalized spacial score (nSPS) is 14.2. The Hall–Kier alpha value is -3.41. The van der Waals surface area contributed by atoms with Gasteiger partial charge in [-0.2, -0.15) is 18.2 Å². The second-order valence-corrected chi connectivity index (χ2v) is 7.10. The van der Waals surface area contributed by atoms with Crippen LogP contribution < -0.4 is 20.7 Å².